The second kappa shape index (κ2) is 5.07. The molecule has 0 radical (unpaired) electrons. The molecule has 3 aromatic heterocycles. The minimum absolute atomic E-state index is 0.236. The molecule has 0 aliphatic rings. The van der Waals surface area contributed by atoms with Crippen molar-refractivity contribution in [2.24, 2.45) is 5.73 Å². The molecule has 3 aromatic rings. The summed E-state index contributed by atoms with van der Waals surface area (Å²) in [6, 6.07) is 3.87. The van der Waals surface area contributed by atoms with Crippen LogP contribution in [0.4, 0.5) is 0 Å². The topological polar surface area (TPSA) is 69.6 Å². The van der Waals surface area contributed by atoms with Crippen molar-refractivity contribution in [2.45, 2.75) is 25.9 Å². The van der Waals surface area contributed by atoms with Crippen molar-refractivity contribution in [3.63, 3.8) is 0 Å². The van der Waals surface area contributed by atoms with Gasteiger partial charge >= 0.3 is 0 Å². The Morgan fingerprint density at radius 2 is 2.32 bits per heavy atom. The lowest BCUT2D eigenvalue weighted by Crippen LogP contribution is -2.17. The van der Waals surface area contributed by atoms with Crippen molar-refractivity contribution in [3.8, 4) is 0 Å². The molecule has 0 saturated heterocycles. The van der Waals surface area contributed by atoms with Crippen LogP contribution >= 0.6 is 11.3 Å². The van der Waals surface area contributed by atoms with Crippen molar-refractivity contribution in [3.05, 3.63) is 41.2 Å². The van der Waals surface area contributed by atoms with E-state index in [1.54, 1.807) is 17.5 Å². The molecular formula is C13H15N5S. The molecule has 1 atom stereocenters. The third-order valence-corrected chi connectivity index (χ3v) is 3.94. The first-order valence-corrected chi connectivity index (χ1v) is 7.14. The molecular weight excluding hydrogens is 258 g/mol. The fourth-order valence-corrected chi connectivity index (χ4v) is 2.88. The fourth-order valence-electron chi connectivity index (χ4n) is 2.09. The fraction of sp³-hybridized carbons (Fsp3) is 0.308. The van der Waals surface area contributed by atoms with Gasteiger partial charge in [-0.25, -0.2) is 4.68 Å². The summed E-state index contributed by atoms with van der Waals surface area (Å²) in [7, 11) is 0. The predicted molar refractivity (Wildman–Crippen MR) is 76.0 cm³/mol. The van der Waals surface area contributed by atoms with Crippen molar-refractivity contribution >= 4 is 21.6 Å². The van der Waals surface area contributed by atoms with Gasteiger partial charge < -0.3 is 5.73 Å². The summed E-state index contributed by atoms with van der Waals surface area (Å²) in [6.45, 7) is 2.94. The third-order valence-electron chi connectivity index (χ3n) is 3.08. The predicted octanol–water partition coefficient (Wildman–Crippen LogP) is 2.35. The van der Waals surface area contributed by atoms with Gasteiger partial charge in [0.25, 0.3) is 0 Å². The van der Waals surface area contributed by atoms with Crippen LogP contribution in [0.3, 0.4) is 0 Å². The number of nitrogens with two attached hydrogens (primary N) is 1. The van der Waals surface area contributed by atoms with E-state index in [2.05, 4.69) is 28.3 Å². The summed E-state index contributed by atoms with van der Waals surface area (Å²) >= 11 is 1.67. The van der Waals surface area contributed by atoms with Gasteiger partial charge in [-0.3, -0.25) is 4.98 Å². The van der Waals surface area contributed by atoms with Gasteiger partial charge in [0.05, 0.1) is 28.1 Å². The van der Waals surface area contributed by atoms with Gasteiger partial charge in [0.2, 0.25) is 0 Å². The Balaban J connectivity index is 1.97. The first-order chi connectivity index (χ1) is 9.29. The molecule has 0 aromatic carbocycles. The van der Waals surface area contributed by atoms with Crippen LogP contribution in [0.1, 0.15) is 30.6 Å². The Kier molecular flexibility index (Phi) is 3.27. The number of fused-ring (bicyclic) bond motifs is 1. The zero-order valence-electron chi connectivity index (χ0n) is 10.7. The molecule has 0 aliphatic heterocycles. The van der Waals surface area contributed by atoms with E-state index in [0.717, 1.165) is 34.4 Å². The number of nitrogens with zero attached hydrogens (tertiary/aromatic N) is 4. The van der Waals surface area contributed by atoms with E-state index in [0.29, 0.717) is 0 Å². The van der Waals surface area contributed by atoms with E-state index in [1.165, 1.54) is 0 Å². The highest BCUT2D eigenvalue weighted by Crippen LogP contribution is 2.24. The summed E-state index contributed by atoms with van der Waals surface area (Å²) in [5.74, 6) is 0. The lowest BCUT2D eigenvalue weighted by atomic mass is 10.1. The second-order valence-electron chi connectivity index (χ2n) is 4.43. The van der Waals surface area contributed by atoms with Gasteiger partial charge in [-0.1, -0.05) is 12.1 Å². The average molecular weight is 273 g/mol. The maximum atomic E-state index is 6.32. The maximum absolute atomic E-state index is 6.32. The summed E-state index contributed by atoms with van der Waals surface area (Å²) < 4.78 is 3.02. The van der Waals surface area contributed by atoms with Crippen LogP contribution in [0.15, 0.2) is 29.9 Å². The van der Waals surface area contributed by atoms with E-state index < -0.39 is 0 Å². The van der Waals surface area contributed by atoms with Crippen molar-refractivity contribution in [1.29, 1.82) is 0 Å². The van der Waals surface area contributed by atoms with Crippen LogP contribution in [0.2, 0.25) is 0 Å². The molecule has 3 heterocycles. The van der Waals surface area contributed by atoms with Crippen LogP contribution in [0.25, 0.3) is 10.2 Å². The van der Waals surface area contributed by atoms with Crippen LogP contribution < -0.4 is 5.73 Å². The smallest absolute Gasteiger partial charge is 0.0809 e. The lowest BCUT2D eigenvalue weighted by Gasteiger charge is -2.13. The van der Waals surface area contributed by atoms with Crippen LogP contribution in [0, 0.1) is 0 Å². The highest BCUT2D eigenvalue weighted by atomic mass is 32.1. The molecule has 19 heavy (non-hydrogen) atoms. The summed E-state index contributed by atoms with van der Waals surface area (Å²) in [4.78, 5) is 4.43. The Morgan fingerprint density at radius 1 is 1.42 bits per heavy atom. The molecule has 3 rings (SSSR count). The van der Waals surface area contributed by atoms with Gasteiger partial charge in [-0.05, 0) is 29.5 Å². The highest BCUT2D eigenvalue weighted by Gasteiger charge is 2.15. The van der Waals surface area contributed by atoms with Crippen molar-refractivity contribution in [1.82, 2.24) is 20.0 Å². The number of aromatic nitrogens is 4. The Bertz CT molecular complexity index is 687. The monoisotopic (exact) mass is 273 g/mol. The molecule has 0 aliphatic carbocycles. The van der Waals surface area contributed by atoms with E-state index in [9.17, 15) is 0 Å². The molecule has 98 valence electrons. The molecule has 0 spiro atoms. The number of thiophene rings is 1. The zero-order valence-corrected chi connectivity index (χ0v) is 11.5. The molecule has 1 unspecified atom stereocenters. The Morgan fingerprint density at radius 3 is 3.16 bits per heavy atom. The van der Waals surface area contributed by atoms with Gasteiger partial charge in [0.1, 0.15) is 0 Å². The number of pyridine rings is 1. The lowest BCUT2D eigenvalue weighted by molar-refractivity contribution is 0.543. The van der Waals surface area contributed by atoms with Crippen molar-refractivity contribution < 1.29 is 0 Å². The first kappa shape index (κ1) is 12.3. The molecule has 2 N–H and O–H groups in total. The van der Waals surface area contributed by atoms with Gasteiger partial charge in [0, 0.05) is 12.7 Å². The second-order valence-corrected chi connectivity index (χ2v) is 5.38. The molecule has 0 amide bonds. The minimum atomic E-state index is -0.236. The first-order valence-electron chi connectivity index (χ1n) is 6.26. The van der Waals surface area contributed by atoms with E-state index in [4.69, 9.17) is 5.73 Å². The van der Waals surface area contributed by atoms with E-state index in [-0.39, 0.29) is 6.04 Å². The van der Waals surface area contributed by atoms with Crippen LogP contribution in [-0.4, -0.2) is 20.0 Å². The molecule has 0 bridgehead atoms. The van der Waals surface area contributed by atoms with Gasteiger partial charge in [-0.2, -0.15) is 0 Å². The van der Waals surface area contributed by atoms with Crippen LogP contribution in [0.5, 0.6) is 0 Å². The van der Waals surface area contributed by atoms with E-state index in [1.807, 2.05) is 22.3 Å². The Labute approximate surface area is 115 Å². The summed E-state index contributed by atoms with van der Waals surface area (Å²) in [5, 5.41) is 10.1. The average Bonchev–Trinajstić information content (AvgIpc) is 3.05. The largest absolute Gasteiger partial charge is 0.319 e. The zero-order chi connectivity index (χ0) is 13.2. The molecule has 6 heteroatoms. The SMILES string of the molecule is CCCn1nncc1C(N)c1cnc2ccsc2c1. The number of hydrogen-bond donors (Lipinski definition) is 1. The van der Waals surface area contributed by atoms with Crippen LogP contribution in [-0.2, 0) is 6.54 Å². The number of aryl methyl sites for hydroxylation is 1. The van der Waals surface area contributed by atoms with Gasteiger partial charge in [-0.15, -0.1) is 16.4 Å². The minimum Gasteiger partial charge on any atom is -0.319 e. The molecule has 0 fully saturated rings. The quantitative estimate of drug-likeness (QED) is 0.792. The Hall–Kier alpha value is -1.79. The summed E-state index contributed by atoms with van der Waals surface area (Å²) in [5.41, 5.74) is 9.26. The highest BCUT2D eigenvalue weighted by molar-refractivity contribution is 7.17. The molecule has 0 saturated carbocycles. The number of hydrogen-bond acceptors (Lipinski definition) is 5. The van der Waals surface area contributed by atoms with Gasteiger partial charge in [0.15, 0.2) is 0 Å². The number of rotatable bonds is 4. The third kappa shape index (κ3) is 2.24. The maximum Gasteiger partial charge on any atom is 0.0809 e. The van der Waals surface area contributed by atoms with E-state index >= 15 is 0 Å². The normalized spacial score (nSPS) is 12.9. The standard InChI is InChI=1S/C13H15N5S/c1-2-4-18-11(8-16-17-18)13(14)9-6-12-10(15-7-9)3-5-19-12/h3,5-8,13H,2,4,14H2,1H3. The molecule has 5 nitrogen and oxygen atoms in total. The summed E-state index contributed by atoms with van der Waals surface area (Å²) in [6.07, 6.45) is 4.58. The van der Waals surface area contributed by atoms with Crippen molar-refractivity contribution in [2.75, 3.05) is 0 Å².